The normalized spacial score (nSPS) is 16.7. The smallest absolute Gasteiger partial charge is 0.226 e. The zero-order valence-corrected chi connectivity index (χ0v) is 23.7. The second-order valence-corrected chi connectivity index (χ2v) is 10.7. The van der Waals surface area contributed by atoms with Gasteiger partial charge in [0.2, 0.25) is 5.91 Å². The average molecular weight is 564 g/mol. The van der Waals surface area contributed by atoms with Crippen molar-refractivity contribution in [3.05, 3.63) is 126 Å². The Hall–Kier alpha value is -4.56. The van der Waals surface area contributed by atoms with Crippen LogP contribution in [0.15, 0.2) is 97.2 Å². The Kier molecular flexibility index (Phi) is 7.24. The lowest BCUT2D eigenvalue weighted by molar-refractivity contribution is -0.116. The molecule has 3 heterocycles. The number of amides is 1. The number of aryl methyl sites for hydroxylation is 1. The number of rotatable bonds is 7. The minimum atomic E-state index is -0.273. The van der Waals surface area contributed by atoms with Crippen LogP contribution in [0.4, 0.5) is 10.1 Å². The third-order valence-corrected chi connectivity index (χ3v) is 8.07. The molecule has 0 unspecified atom stereocenters. The molecule has 206 valence electrons. The van der Waals surface area contributed by atoms with Gasteiger partial charge >= 0.3 is 0 Å². The molecule has 0 bridgehead atoms. The maximum absolute atomic E-state index is 13.7. The summed E-state index contributed by atoms with van der Waals surface area (Å²) in [6.07, 6.45) is 2.03. The first kappa shape index (κ1) is 26.7. The number of halogens is 1. The highest BCUT2D eigenvalue weighted by Crippen LogP contribution is 2.41. The Morgan fingerprint density at radius 2 is 1.76 bits per heavy atom. The van der Waals surface area contributed by atoms with Crippen LogP contribution in [0, 0.1) is 19.7 Å². The van der Waals surface area contributed by atoms with Gasteiger partial charge in [-0.3, -0.25) is 9.78 Å². The van der Waals surface area contributed by atoms with Crippen LogP contribution in [-0.4, -0.2) is 32.0 Å². The number of aromatic nitrogens is 2. The number of anilines is 1. The molecule has 0 spiro atoms. The molecule has 41 heavy (non-hydrogen) atoms. The van der Waals surface area contributed by atoms with Crippen molar-refractivity contribution in [3.63, 3.8) is 0 Å². The van der Waals surface area contributed by atoms with Crippen LogP contribution in [0.5, 0.6) is 0 Å². The van der Waals surface area contributed by atoms with Crippen LogP contribution in [-0.2, 0) is 4.79 Å². The quantitative estimate of drug-likeness (QED) is 0.214. The number of hydrogen-bond donors (Lipinski definition) is 2. The molecule has 8 heteroatoms. The van der Waals surface area contributed by atoms with Crippen LogP contribution in [0.25, 0.3) is 16.5 Å². The largest absolute Gasteiger partial charge is 0.352 e. The molecule has 0 saturated carbocycles. The van der Waals surface area contributed by atoms with Crippen molar-refractivity contribution in [2.75, 3.05) is 11.9 Å². The van der Waals surface area contributed by atoms with Gasteiger partial charge < -0.3 is 20.1 Å². The molecular formula is C33H30FN5OS. The zero-order valence-electron chi connectivity index (χ0n) is 22.8. The summed E-state index contributed by atoms with van der Waals surface area (Å²) in [4.78, 5) is 19.9. The predicted molar refractivity (Wildman–Crippen MR) is 165 cm³/mol. The van der Waals surface area contributed by atoms with E-state index in [1.54, 1.807) is 18.3 Å². The van der Waals surface area contributed by atoms with Gasteiger partial charge in [-0.2, -0.15) is 0 Å². The number of fused-ring (bicyclic) bond motifs is 1. The molecular weight excluding hydrogens is 533 g/mol. The molecule has 1 aliphatic heterocycles. The van der Waals surface area contributed by atoms with Gasteiger partial charge in [-0.25, -0.2) is 4.39 Å². The van der Waals surface area contributed by atoms with Crippen molar-refractivity contribution in [2.45, 2.75) is 32.4 Å². The van der Waals surface area contributed by atoms with Crippen LogP contribution in [0.2, 0.25) is 0 Å². The number of hydrogen-bond acceptors (Lipinski definition) is 3. The van der Waals surface area contributed by atoms with Crippen LogP contribution >= 0.6 is 12.2 Å². The van der Waals surface area contributed by atoms with E-state index in [4.69, 9.17) is 12.2 Å². The standard InChI is InChI=1S/C33H30FN5OS/c1-21-20-27(22(2)39(21)25-15-13-24(34)14-16-25)32-31(29-11-5-6-18-35-29)37-33(41)38(32)19-17-30(40)36-28-12-7-9-23-8-3-4-10-26(23)28/h3-16,18,20,31-32H,17,19H2,1-2H3,(H,36,40)(H,37,41)/t31-,32+/m0/s1. The second kappa shape index (κ2) is 11.1. The predicted octanol–water partition coefficient (Wildman–Crippen LogP) is 6.78. The van der Waals surface area contributed by atoms with E-state index in [2.05, 4.69) is 38.1 Å². The Bertz CT molecular complexity index is 1730. The van der Waals surface area contributed by atoms with Crippen molar-refractivity contribution < 1.29 is 9.18 Å². The van der Waals surface area contributed by atoms with Crippen LogP contribution < -0.4 is 10.6 Å². The van der Waals surface area contributed by atoms with Crippen molar-refractivity contribution >= 4 is 39.7 Å². The first-order chi connectivity index (χ1) is 19.9. The number of carbonyl (C=O) groups excluding carboxylic acids is 1. The van der Waals surface area contributed by atoms with Crippen molar-refractivity contribution in [1.29, 1.82) is 0 Å². The molecule has 0 aliphatic carbocycles. The van der Waals surface area contributed by atoms with Gasteiger partial charge in [-0.05, 0) is 85.5 Å². The summed E-state index contributed by atoms with van der Waals surface area (Å²) >= 11 is 5.84. The highest BCUT2D eigenvalue weighted by molar-refractivity contribution is 7.80. The first-order valence-electron chi connectivity index (χ1n) is 13.6. The van der Waals surface area contributed by atoms with Crippen molar-refractivity contribution in [1.82, 2.24) is 19.8 Å². The zero-order chi connectivity index (χ0) is 28.5. The summed E-state index contributed by atoms with van der Waals surface area (Å²) < 4.78 is 15.8. The number of benzene rings is 3. The Morgan fingerprint density at radius 1 is 1.00 bits per heavy atom. The summed E-state index contributed by atoms with van der Waals surface area (Å²) in [7, 11) is 0. The summed E-state index contributed by atoms with van der Waals surface area (Å²) in [6, 6.07) is 28.0. The molecule has 1 aliphatic rings. The lowest BCUT2D eigenvalue weighted by atomic mass is 9.96. The first-order valence-corrected chi connectivity index (χ1v) is 14.0. The maximum Gasteiger partial charge on any atom is 0.226 e. The topological polar surface area (TPSA) is 62.2 Å². The molecule has 1 saturated heterocycles. The molecule has 2 aromatic heterocycles. The molecule has 3 aromatic carbocycles. The second-order valence-electron chi connectivity index (χ2n) is 10.3. The highest BCUT2D eigenvalue weighted by Gasteiger charge is 2.41. The SMILES string of the molecule is Cc1cc([C@@H]2[C@H](c3ccccn3)NC(=S)N2CCC(=O)Nc2cccc3ccccc23)c(C)n1-c1ccc(F)cc1. The lowest BCUT2D eigenvalue weighted by Gasteiger charge is -2.28. The van der Waals surface area contributed by atoms with Crippen molar-refractivity contribution in [3.8, 4) is 5.69 Å². The summed E-state index contributed by atoms with van der Waals surface area (Å²) in [5.74, 6) is -0.356. The van der Waals surface area contributed by atoms with Crippen LogP contribution in [0.3, 0.4) is 0 Å². The molecule has 5 aromatic rings. The minimum absolute atomic E-state index is 0.0824. The minimum Gasteiger partial charge on any atom is -0.352 e. The molecule has 0 radical (unpaired) electrons. The van der Waals surface area contributed by atoms with E-state index < -0.39 is 0 Å². The average Bonchev–Trinajstić information content (AvgIpc) is 3.47. The van der Waals surface area contributed by atoms with Crippen molar-refractivity contribution in [2.24, 2.45) is 0 Å². The van der Waals surface area contributed by atoms with Gasteiger partial charge in [0.05, 0.1) is 17.8 Å². The fourth-order valence-corrected chi connectivity index (χ4v) is 6.16. The number of thiocarbonyl (C=S) groups is 1. The summed E-state index contributed by atoms with van der Waals surface area (Å²) in [5, 5.41) is 9.23. The van der Waals surface area contributed by atoms with Gasteiger partial charge in [0, 0.05) is 47.3 Å². The Morgan fingerprint density at radius 3 is 2.54 bits per heavy atom. The van der Waals surface area contributed by atoms with E-state index in [1.165, 1.54) is 12.1 Å². The summed E-state index contributed by atoms with van der Waals surface area (Å²) in [6.45, 7) is 4.53. The monoisotopic (exact) mass is 563 g/mol. The van der Waals surface area contributed by atoms with Gasteiger partial charge in [0.1, 0.15) is 5.82 Å². The Labute approximate surface area is 243 Å². The van der Waals surface area contributed by atoms with Gasteiger partial charge in [0.15, 0.2) is 5.11 Å². The van der Waals surface area contributed by atoms with Crippen LogP contribution in [0.1, 0.15) is 41.1 Å². The molecule has 1 fully saturated rings. The van der Waals surface area contributed by atoms with E-state index in [9.17, 15) is 9.18 Å². The highest BCUT2D eigenvalue weighted by atomic mass is 32.1. The van der Waals surface area contributed by atoms with E-state index in [1.807, 2.05) is 67.6 Å². The van der Waals surface area contributed by atoms with E-state index in [0.29, 0.717) is 11.7 Å². The molecule has 6 nitrogen and oxygen atoms in total. The summed E-state index contributed by atoms with van der Waals surface area (Å²) in [5.41, 5.74) is 5.67. The van der Waals surface area contributed by atoms with Gasteiger partial charge in [-0.1, -0.05) is 42.5 Å². The van der Waals surface area contributed by atoms with E-state index in [0.717, 1.165) is 44.8 Å². The van der Waals surface area contributed by atoms with Gasteiger partial charge in [0.25, 0.3) is 0 Å². The molecule has 2 N–H and O–H groups in total. The molecule has 6 rings (SSSR count). The fraction of sp³-hybridized carbons (Fsp3) is 0.182. The third-order valence-electron chi connectivity index (χ3n) is 7.72. The fourth-order valence-electron chi connectivity index (χ4n) is 5.83. The lowest BCUT2D eigenvalue weighted by Crippen LogP contribution is -2.33. The number of carbonyl (C=O) groups is 1. The maximum atomic E-state index is 13.7. The Balaban J connectivity index is 1.31. The number of pyridine rings is 1. The van der Waals surface area contributed by atoms with E-state index >= 15 is 0 Å². The number of nitrogens with zero attached hydrogens (tertiary/aromatic N) is 3. The number of nitrogens with one attached hydrogen (secondary N) is 2. The van der Waals surface area contributed by atoms with E-state index in [-0.39, 0.29) is 30.2 Å². The third kappa shape index (κ3) is 5.18. The molecule has 1 amide bonds. The molecule has 2 atom stereocenters. The van der Waals surface area contributed by atoms with Gasteiger partial charge in [-0.15, -0.1) is 0 Å².